The van der Waals surface area contributed by atoms with E-state index in [0.717, 1.165) is 19.4 Å². The molecule has 0 fully saturated rings. The van der Waals surface area contributed by atoms with E-state index in [0.29, 0.717) is 0 Å². The lowest BCUT2D eigenvalue weighted by Crippen LogP contribution is -1.86. The third-order valence-corrected chi connectivity index (χ3v) is 1.39. The fourth-order valence-electron chi connectivity index (χ4n) is 0.808. The van der Waals surface area contributed by atoms with E-state index in [2.05, 4.69) is 25.3 Å². The molecule has 0 heterocycles. The van der Waals surface area contributed by atoms with Gasteiger partial charge in [-0.15, -0.1) is 6.58 Å². The van der Waals surface area contributed by atoms with Gasteiger partial charge >= 0.3 is 0 Å². The standard InChI is InChI=1S/C9H17O/c1-9(2)7-5-4-6-8-10-3/h1,3-8H2,2H3. The quantitative estimate of drug-likeness (QED) is 0.408. The van der Waals surface area contributed by atoms with Gasteiger partial charge in [-0.3, -0.25) is 0 Å². The highest BCUT2D eigenvalue weighted by Gasteiger charge is 1.88. The van der Waals surface area contributed by atoms with Crippen LogP contribution < -0.4 is 0 Å². The van der Waals surface area contributed by atoms with Crippen molar-refractivity contribution in [3.8, 4) is 0 Å². The first-order valence-corrected chi connectivity index (χ1v) is 3.78. The van der Waals surface area contributed by atoms with Gasteiger partial charge in [0.1, 0.15) is 0 Å². The second-order valence-corrected chi connectivity index (χ2v) is 2.68. The summed E-state index contributed by atoms with van der Waals surface area (Å²) in [4.78, 5) is 0. The molecule has 0 saturated heterocycles. The Morgan fingerprint density at radius 2 is 2.00 bits per heavy atom. The molecule has 0 aromatic carbocycles. The molecule has 0 aliphatic carbocycles. The molecular formula is C9H17O. The van der Waals surface area contributed by atoms with Gasteiger partial charge in [-0.05, 0) is 26.2 Å². The molecule has 0 N–H and O–H groups in total. The first-order chi connectivity index (χ1) is 4.77. The van der Waals surface area contributed by atoms with Crippen molar-refractivity contribution in [3.63, 3.8) is 0 Å². The SMILES string of the molecule is [CH2]OCCCCCC(=C)C. The van der Waals surface area contributed by atoms with E-state index in [-0.39, 0.29) is 0 Å². The zero-order chi connectivity index (χ0) is 7.82. The highest BCUT2D eigenvalue weighted by atomic mass is 16.5. The van der Waals surface area contributed by atoms with Crippen LogP contribution >= 0.6 is 0 Å². The highest BCUT2D eigenvalue weighted by Crippen LogP contribution is 2.05. The lowest BCUT2D eigenvalue weighted by Gasteiger charge is -1.98. The van der Waals surface area contributed by atoms with Gasteiger partial charge in [0.15, 0.2) is 0 Å². The predicted octanol–water partition coefficient (Wildman–Crippen LogP) is 2.93. The van der Waals surface area contributed by atoms with Crippen LogP contribution in [0.1, 0.15) is 32.6 Å². The molecule has 0 unspecified atom stereocenters. The van der Waals surface area contributed by atoms with E-state index in [1.807, 2.05) is 0 Å². The van der Waals surface area contributed by atoms with E-state index < -0.39 is 0 Å². The Hall–Kier alpha value is -0.300. The zero-order valence-electron chi connectivity index (χ0n) is 6.86. The molecule has 1 radical (unpaired) electrons. The lowest BCUT2D eigenvalue weighted by atomic mass is 10.1. The molecule has 0 bridgehead atoms. The summed E-state index contributed by atoms with van der Waals surface area (Å²) in [5.41, 5.74) is 1.27. The van der Waals surface area contributed by atoms with Crippen molar-refractivity contribution in [1.82, 2.24) is 0 Å². The van der Waals surface area contributed by atoms with Crippen molar-refractivity contribution in [1.29, 1.82) is 0 Å². The van der Waals surface area contributed by atoms with Gasteiger partial charge in [0, 0.05) is 6.61 Å². The number of ether oxygens (including phenoxy) is 1. The monoisotopic (exact) mass is 141 g/mol. The lowest BCUT2D eigenvalue weighted by molar-refractivity contribution is 0.234. The normalized spacial score (nSPS) is 9.80. The van der Waals surface area contributed by atoms with Crippen LogP contribution in [0.3, 0.4) is 0 Å². The second kappa shape index (κ2) is 6.81. The van der Waals surface area contributed by atoms with Crippen molar-refractivity contribution in [2.75, 3.05) is 6.61 Å². The molecule has 1 nitrogen and oxygen atoms in total. The summed E-state index contributed by atoms with van der Waals surface area (Å²) in [5, 5.41) is 0. The molecule has 0 saturated carbocycles. The van der Waals surface area contributed by atoms with Crippen molar-refractivity contribution in [2.24, 2.45) is 0 Å². The Morgan fingerprint density at radius 1 is 1.30 bits per heavy atom. The van der Waals surface area contributed by atoms with Gasteiger partial charge in [-0.1, -0.05) is 12.0 Å². The fourth-order valence-corrected chi connectivity index (χ4v) is 0.808. The van der Waals surface area contributed by atoms with Crippen molar-refractivity contribution >= 4 is 0 Å². The Kier molecular flexibility index (Phi) is 6.61. The maximum atomic E-state index is 4.68. The summed E-state index contributed by atoms with van der Waals surface area (Å²) in [6, 6.07) is 0. The molecule has 59 valence electrons. The first-order valence-electron chi connectivity index (χ1n) is 3.78. The molecule has 1 heteroatoms. The van der Waals surface area contributed by atoms with Crippen LogP contribution in [0.5, 0.6) is 0 Å². The van der Waals surface area contributed by atoms with E-state index in [1.54, 1.807) is 0 Å². The smallest absolute Gasteiger partial charge is 0.0700 e. The van der Waals surface area contributed by atoms with Crippen LogP contribution in [0, 0.1) is 7.11 Å². The third-order valence-electron chi connectivity index (χ3n) is 1.39. The number of hydrogen-bond acceptors (Lipinski definition) is 1. The average Bonchev–Trinajstić information content (AvgIpc) is 1.87. The average molecular weight is 141 g/mol. The number of rotatable bonds is 6. The molecule has 0 aromatic heterocycles. The third kappa shape index (κ3) is 7.70. The van der Waals surface area contributed by atoms with Gasteiger partial charge in [0.25, 0.3) is 0 Å². The molecule has 0 aliphatic heterocycles. The van der Waals surface area contributed by atoms with Gasteiger partial charge in [-0.2, -0.15) is 0 Å². The minimum Gasteiger partial charge on any atom is -0.379 e. The Balaban J connectivity index is 2.84. The number of allylic oxidation sites excluding steroid dienone is 1. The van der Waals surface area contributed by atoms with E-state index in [1.165, 1.54) is 18.4 Å². The summed E-state index contributed by atoms with van der Waals surface area (Å²) in [6.45, 7) is 6.68. The van der Waals surface area contributed by atoms with Crippen LogP contribution in [-0.4, -0.2) is 6.61 Å². The van der Waals surface area contributed by atoms with Crippen molar-refractivity contribution < 1.29 is 4.74 Å². The summed E-state index contributed by atoms with van der Waals surface area (Å²) >= 11 is 0. The minimum atomic E-state index is 0.788. The largest absolute Gasteiger partial charge is 0.379 e. The van der Waals surface area contributed by atoms with Crippen LogP contribution in [-0.2, 0) is 4.74 Å². The van der Waals surface area contributed by atoms with Crippen LogP contribution in [0.25, 0.3) is 0 Å². The van der Waals surface area contributed by atoms with Crippen LogP contribution in [0.4, 0.5) is 0 Å². The Morgan fingerprint density at radius 3 is 2.50 bits per heavy atom. The van der Waals surface area contributed by atoms with Gasteiger partial charge < -0.3 is 4.74 Å². The predicted molar refractivity (Wildman–Crippen MR) is 44.6 cm³/mol. The molecule has 0 atom stereocenters. The second-order valence-electron chi connectivity index (χ2n) is 2.68. The maximum Gasteiger partial charge on any atom is 0.0700 e. The van der Waals surface area contributed by atoms with Gasteiger partial charge in [0.2, 0.25) is 0 Å². The molecular weight excluding hydrogens is 124 g/mol. The fraction of sp³-hybridized carbons (Fsp3) is 0.667. The maximum absolute atomic E-state index is 4.68. The topological polar surface area (TPSA) is 9.23 Å². The number of unbranched alkanes of at least 4 members (excludes halogenated alkanes) is 2. The van der Waals surface area contributed by atoms with Crippen molar-refractivity contribution in [3.05, 3.63) is 19.3 Å². The molecule has 10 heavy (non-hydrogen) atoms. The Labute approximate surface area is 64.1 Å². The molecule has 0 rings (SSSR count). The van der Waals surface area contributed by atoms with E-state index in [4.69, 9.17) is 0 Å². The summed E-state index contributed by atoms with van der Waals surface area (Å²) in [7, 11) is 3.30. The van der Waals surface area contributed by atoms with Gasteiger partial charge in [0.05, 0.1) is 7.11 Å². The van der Waals surface area contributed by atoms with Crippen LogP contribution in [0.15, 0.2) is 12.2 Å². The summed E-state index contributed by atoms with van der Waals surface area (Å²) in [5.74, 6) is 0. The summed E-state index contributed by atoms with van der Waals surface area (Å²) in [6.07, 6.45) is 4.73. The molecule has 0 spiro atoms. The van der Waals surface area contributed by atoms with E-state index >= 15 is 0 Å². The van der Waals surface area contributed by atoms with E-state index in [9.17, 15) is 0 Å². The van der Waals surface area contributed by atoms with Crippen molar-refractivity contribution in [2.45, 2.75) is 32.6 Å². The summed E-state index contributed by atoms with van der Waals surface area (Å²) < 4.78 is 4.68. The zero-order valence-corrected chi connectivity index (χ0v) is 6.86. The van der Waals surface area contributed by atoms with Gasteiger partial charge in [-0.25, -0.2) is 0 Å². The van der Waals surface area contributed by atoms with Crippen LogP contribution in [0.2, 0.25) is 0 Å². The molecule has 0 amide bonds. The molecule has 0 aromatic rings. The first kappa shape index (κ1) is 9.70. The minimum absolute atomic E-state index is 0.788. The molecule has 0 aliphatic rings. The Bertz CT molecular complexity index is 86.7. The number of hydrogen-bond donors (Lipinski definition) is 0. The highest BCUT2D eigenvalue weighted by molar-refractivity contribution is 4.86.